The second-order valence-electron chi connectivity index (χ2n) is 5.10. The molecule has 0 saturated heterocycles. The van der Waals surface area contributed by atoms with Crippen LogP contribution in [0.2, 0.25) is 0 Å². The summed E-state index contributed by atoms with van der Waals surface area (Å²) >= 11 is 2.93. The highest BCUT2D eigenvalue weighted by atomic mass is 32.1. The largest absolute Gasteiger partial charge is 0.293 e. The van der Waals surface area contributed by atoms with Crippen molar-refractivity contribution in [3.05, 3.63) is 61.3 Å². The molecular weight excluding hydrogens is 332 g/mol. The van der Waals surface area contributed by atoms with Crippen molar-refractivity contribution in [3.8, 4) is 0 Å². The second-order valence-corrected chi connectivity index (χ2v) is 7.09. The Morgan fingerprint density at radius 3 is 2.96 bits per heavy atom. The molecule has 4 rings (SSSR count). The van der Waals surface area contributed by atoms with Gasteiger partial charge in [0.25, 0.3) is 11.1 Å². The molecule has 0 amide bonds. The molecule has 0 unspecified atom stereocenters. The van der Waals surface area contributed by atoms with Crippen molar-refractivity contribution in [1.82, 2.24) is 18.9 Å². The fraction of sp³-hybridized carbons (Fsp3) is 0.200. The van der Waals surface area contributed by atoms with Crippen LogP contribution in [0.1, 0.15) is 17.5 Å². The number of fused-ring (bicyclic) bond motifs is 2. The molecule has 6 nitrogen and oxygen atoms in total. The van der Waals surface area contributed by atoms with Crippen LogP contribution in [0, 0.1) is 0 Å². The molecule has 8 heteroatoms. The van der Waals surface area contributed by atoms with E-state index in [0.29, 0.717) is 16.0 Å². The molecular formula is C15H12N4O2S2. The Morgan fingerprint density at radius 2 is 2.13 bits per heavy atom. The van der Waals surface area contributed by atoms with Gasteiger partial charge in [-0.2, -0.15) is 0 Å². The van der Waals surface area contributed by atoms with Gasteiger partial charge in [-0.1, -0.05) is 6.92 Å². The van der Waals surface area contributed by atoms with E-state index in [9.17, 15) is 9.59 Å². The summed E-state index contributed by atoms with van der Waals surface area (Å²) in [5.74, 6) is 0. The summed E-state index contributed by atoms with van der Waals surface area (Å²) < 4.78 is 2.99. The maximum absolute atomic E-state index is 12.6. The number of rotatable bonds is 3. The van der Waals surface area contributed by atoms with Crippen LogP contribution >= 0.6 is 22.7 Å². The summed E-state index contributed by atoms with van der Waals surface area (Å²) in [5.41, 5.74) is 0.322. The van der Waals surface area contributed by atoms with Crippen LogP contribution in [0.25, 0.3) is 15.2 Å². The van der Waals surface area contributed by atoms with Crippen LogP contribution in [0.5, 0.6) is 0 Å². The molecule has 0 aliphatic heterocycles. The van der Waals surface area contributed by atoms with Gasteiger partial charge in [-0.05, 0) is 12.5 Å². The zero-order valence-corrected chi connectivity index (χ0v) is 13.9. The average molecular weight is 344 g/mol. The van der Waals surface area contributed by atoms with Crippen molar-refractivity contribution in [1.29, 1.82) is 0 Å². The molecule has 0 aliphatic rings. The molecule has 0 saturated carbocycles. The Bertz CT molecular complexity index is 1140. The van der Waals surface area contributed by atoms with Gasteiger partial charge in [0.2, 0.25) is 0 Å². The van der Waals surface area contributed by atoms with Crippen LogP contribution in [0.4, 0.5) is 0 Å². The van der Waals surface area contributed by atoms with Crippen molar-refractivity contribution in [2.24, 2.45) is 0 Å². The molecule has 4 heterocycles. The zero-order valence-electron chi connectivity index (χ0n) is 12.2. The monoisotopic (exact) mass is 344 g/mol. The lowest BCUT2D eigenvalue weighted by Crippen LogP contribution is -2.22. The normalized spacial score (nSPS) is 11.5. The quantitative estimate of drug-likeness (QED) is 0.571. The van der Waals surface area contributed by atoms with E-state index in [1.54, 1.807) is 17.5 Å². The number of aromatic nitrogens is 4. The van der Waals surface area contributed by atoms with Crippen molar-refractivity contribution in [2.75, 3.05) is 0 Å². The summed E-state index contributed by atoms with van der Waals surface area (Å²) in [6.45, 7) is 2.29. The lowest BCUT2D eigenvalue weighted by atomic mass is 10.3. The lowest BCUT2D eigenvalue weighted by Gasteiger charge is -2.04. The summed E-state index contributed by atoms with van der Waals surface area (Å²) in [4.78, 5) is 35.9. The Kier molecular flexibility index (Phi) is 3.35. The van der Waals surface area contributed by atoms with Crippen LogP contribution < -0.4 is 11.1 Å². The molecule has 0 radical (unpaired) electrons. The van der Waals surface area contributed by atoms with Gasteiger partial charge in [-0.25, -0.2) is 9.97 Å². The van der Waals surface area contributed by atoms with Crippen LogP contribution in [-0.4, -0.2) is 18.9 Å². The first-order chi connectivity index (χ1) is 11.2. The van der Waals surface area contributed by atoms with Gasteiger partial charge in [0.15, 0.2) is 4.96 Å². The fourth-order valence-electron chi connectivity index (χ4n) is 2.44. The highest BCUT2D eigenvalue weighted by molar-refractivity contribution is 7.18. The zero-order chi connectivity index (χ0) is 16.0. The average Bonchev–Trinajstić information content (AvgIpc) is 3.17. The SMILES string of the molecule is CCc1cc2c(=O)n(Cc3cc(=O)n4ccsc4n3)cnc2s1. The molecule has 0 atom stereocenters. The van der Waals surface area contributed by atoms with Gasteiger partial charge in [0.05, 0.1) is 24.0 Å². The van der Waals surface area contributed by atoms with Gasteiger partial charge in [-0.3, -0.25) is 18.6 Å². The maximum atomic E-state index is 12.6. The minimum absolute atomic E-state index is 0.0980. The first-order valence-corrected chi connectivity index (χ1v) is 8.79. The van der Waals surface area contributed by atoms with E-state index in [-0.39, 0.29) is 17.7 Å². The van der Waals surface area contributed by atoms with Crippen LogP contribution in [0.15, 0.2) is 39.6 Å². The highest BCUT2D eigenvalue weighted by Gasteiger charge is 2.10. The van der Waals surface area contributed by atoms with E-state index in [0.717, 1.165) is 16.1 Å². The van der Waals surface area contributed by atoms with Gasteiger partial charge < -0.3 is 0 Å². The smallest absolute Gasteiger partial charge is 0.262 e. The summed E-state index contributed by atoms with van der Waals surface area (Å²) in [6, 6.07) is 3.36. The van der Waals surface area contributed by atoms with Crippen molar-refractivity contribution in [2.45, 2.75) is 19.9 Å². The number of thiazole rings is 1. The number of hydrogen-bond acceptors (Lipinski definition) is 6. The van der Waals surface area contributed by atoms with Crippen molar-refractivity contribution < 1.29 is 0 Å². The third-order valence-corrected chi connectivity index (χ3v) is 5.55. The maximum Gasteiger partial charge on any atom is 0.262 e. The first kappa shape index (κ1) is 14.3. The third-order valence-electron chi connectivity index (χ3n) is 3.61. The molecule has 0 N–H and O–H groups in total. The van der Waals surface area contributed by atoms with Crippen LogP contribution in [-0.2, 0) is 13.0 Å². The third kappa shape index (κ3) is 2.40. The Hall–Kier alpha value is -2.32. The van der Waals surface area contributed by atoms with Gasteiger partial charge in [-0.15, -0.1) is 22.7 Å². The highest BCUT2D eigenvalue weighted by Crippen LogP contribution is 2.21. The number of hydrogen-bond donors (Lipinski definition) is 0. The van der Waals surface area contributed by atoms with Gasteiger partial charge in [0, 0.05) is 22.5 Å². The molecule has 0 spiro atoms. The predicted octanol–water partition coefficient (Wildman–Crippen LogP) is 2.14. The topological polar surface area (TPSA) is 69.3 Å². The van der Waals surface area contributed by atoms with E-state index >= 15 is 0 Å². The molecule has 0 aliphatic carbocycles. The minimum atomic E-state index is -0.142. The molecule has 116 valence electrons. The van der Waals surface area contributed by atoms with Crippen LogP contribution in [0.3, 0.4) is 0 Å². The minimum Gasteiger partial charge on any atom is -0.293 e. The summed E-state index contributed by atoms with van der Waals surface area (Å²) in [7, 11) is 0. The van der Waals surface area contributed by atoms with Gasteiger partial charge >= 0.3 is 0 Å². The molecule has 0 aromatic carbocycles. The second kappa shape index (κ2) is 5.39. The van der Waals surface area contributed by atoms with E-state index in [2.05, 4.69) is 16.9 Å². The number of nitrogens with zero attached hydrogens (tertiary/aromatic N) is 4. The Morgan fingerprint density at radius 1 is 1.26 bits per heavy atom. The predicted molar refractivity (Wildman–Crippen MR) is 91.7 cm³/mol. The Balaban J connectivity index is 1.80. The molecule has 4 aromatic rings. The van der Waals surface area contributed by atoms with Crippen molar-refractivity contribution in [3.63, 3.8) is 0 Å². The lowest BCUT2D eigenvalue weighted by molar-refractivity contribution is 0.729. The van der Waals surface area contributed by atoms with E-state index in [1.807, 2.05) is 11.4 Å². The Labute approximate surface area is 138 Å². The molecule has 4 aromatic heterocycles. The summed E-state index contributed by atoms with van der Waals surface area (Å²) in [6.07, 6.45) is 4.10. The molecule has 0 fully saturated rings. The van der Waals surface area contributed by atoms with Gasteiger partial charge in [0.1, 0.15) is 4.83 Å². The standard InChI is InChI=1S/C15H12N4O2S2/c1-2-10-6-11-13(23-10)16-8-18(14(11)21)7-9-5-12(20)19-3-4-22-15(19)17-9/h3-6,8H,2,7H2,1H3. The van der Waals surface area contributed by atoms with E-state index in [1.165, 1.54) is 32.7 Å². The fourth-order valence-corrected chi connectivity index (χ4v) is 4.10. The summed E-state index contributed by atoms with van der Waals surface area (Å²) in [5, 5.41) is 2.44. The molecule has 23 heavy (non-hydrogen) atoms. The number of aryl methyl sites for hydroxylation is 1. The first-order valence-electron chi connectivity index (χ1n) is 7.09. The number of thiophene rings is 1. The molecule has 0 bridgehead atoms. The van der Waals surface area contributed by atoms with E-state index < -0.39 is 0 Å². The van der Waals surface area contributed by atoms with E-state index in [4.69, 9.17) is 0 Å². The van der Waals surface area contributed by atoms with Crippen molar-refractivity contribution >= 4 is 37.9 Å².